The van der Waals surface area contributed by atoms with Crippen molar-refractivity contribution in [1.29, 1.82) is 0 Å². The van der Waals surface area contributed by atoms with E-state index in [1.54, 1.807) is 25.1 Å². The number of para-hydroxylation sites is 1. The van der Waals surface area contributed by atoms with Crippen molar-refractivity contribution in [2.75, 3.05) is 6.61 Å². The molecular weight excluding hydrogens is 248 g/mol. The molecule has 6 heteroatoms. The molecular formula is C13H18N2O4. The van der Waals surface area contributed by atoms with E-state index in [1.807, 2.05) is 0 Å². The van der Waals surface area contributed by atoms with Crippen LogP contribution in [0.2, 0.25) is 0 Å². The van der Waals surface area contributed by atoms with Crippen molar-refractivity contribution in [2.24, 2.45) is 5.73 Å². The van der Waals surface area contributed by atoms with Crippen LogP contribution in [0.4, 0.5) is 5.69 Å². The van der Waals surface area contributed by atoms with E-state index in [0.717, 1.165) is 19.3 Å². The zero-order valence-corrected chi connectivity index (χ0v) is 10.9. The predicted octanol–water partition coefficient (Wildman–Crippen LogP) is 2.25. The molecule has 1 aliphatic carbocycles. The van der Waals surface area contributed by atoms with Crippen LogP contribution in [0.5, 0.6) is 11.5 Å². The number of ether oxygens (including phenoxy) is 2. The molecule has 0 heterocycles. The topological polar surface area (TPSA) is 87.6 Å². The summed E-state index contributed by atoms with van der Waals surface area (Å²) in [6.45, 7) is 2.16. The van der Waals surface area contributed by atoms with Gasteiger partial charge >= 0.3 is 5.69 Å². The number of rotatable bonds is 5. The van der Waals surface area contributed by atoms with Crippen LogP contribution in [0.1, 0.15) is 26.2 Å². The number of nitro benzene ring substituents is 1. The van der Waals surface area contributed by atoms with Crippen LogP contribution < -0.4 is 15.2 Å². The van der Waals surface area contributed by atoms with Crippen LogP contribution in [-0.2, 0) is 0 Å². The van der Waals surface area contributed by atoms with Crippen LogP contribution in [-0.4, -0.2) is 23.7 Å². The van der Waals surface area contributed by atoms with Crippen LogP contribution >= 0.6 is 0 Å². The lowest BCUT2D eigenvalue weighted by atomic mass is 10.2. The summed E-state index contributed by atoms with van der Waals surface area (Å²) < 4.78 is 11.0. The van der Waals surface area contributed by atoms with Crippen molar-refractivity contribution < 1.29 is 14.4 Å². The highest BCUT2D eigenvalue weighted by atomic mass is 16.6. The van der Waals surface area contributed by atoms with Gasteiger partial charge in [0.15, 0.2) is 0 Å². The standard InChI is InChI=1S/C13H18N2O4/c1-2-18-11-4-3-5-12(13(11)15(16)17)19-10-7-6-9(14)8-10/h3-5,9-10H,2,6-8,14H2,1H3. The fourth-order valence-electron chi connectivity index (χ4n) is 2.31. The first kappa shape index (κ1) is 13.6. The molecule has 104 valence electrons. The number of nitrogens with two attached hydrogens (primary N) is 1. The highest BCUT2D eigenvalue weighted by molar-refractivity contribution is 5.57. The average Bonchev–Trinajstić information content (AvgIpc) is 2.75. The molecule has 1 aliphatic rings. The highest BCUT2D eigenvalue weighted by Crippen LogP contribution is 2.38. The van der Waals surface area contributed by atoms with Gasteiger partial charge in [0.25, 0.3) is 0 Å². The van der Waals surface area contributed by atoms with Crippen LogP contribution in [0.25, 0.3) is 0 Å². The smallest absolute Gasteiger partial charge is 0.352 e. The average molecular weight is 266 g/mol. The summed E-state index contributed by atoms with van der Waals surface area (Å²) >= 11 is 0. The maximum atomic E-state index is 11.2. The summed E-state index contributed by atoms with van der Waals surface area (Å²) in [5, 5.41) is 11.2. The van der Waals surface area contributed by atoms with E-state index < -0.39 is 4.92 Å². The first-order valence-corrected chi connectivity index (χ1v) is 6.44. The van der Waals surface area contributed by atoms with Gasteiger partial charge in [-0.2, -0.15) is 0 Å². The zero-order chi connectivity index (χ0) is 13.8. The van der Waals surface area contributed by atoms with Gasteiger partial charge in [0.1, 0.15) is 6.10 Å². The summed E-state index contributed by atoms with van der Waals surface area (Å²) in [7, 11) is 0. The Hall–Kier alpha value is -1.82. The maximum absolute atomic E-state index is 11.2. The molecule has 19 heavy (non-hydrogen) atoms. The molecule has 0 aliphatic heterocycles. The molecule has 0 radical (unpaired) electrons. The molecule has 0 aromatic heterocycles. The van der Waals surface area contributed by atoms with Crippen LogP contribution in [0, 0.1) is 10.1 Å². The number of hydrogen-bond acceptors (Lipinski definition) is 5. The van der Waals surface area contributed by atoms with Gasteiger partial charge in [-0.1, -0.05) is 6.07 Å². The molecule has 1 fully saturated rings. The molecule has 1 aromatic rings. The van der Waals surface area contributed by atoms with Gasteiger partial charge < -0.3 is 15.2 Å². The Bertz CT molecular complexity index is 464. The lowest BCUT2D eigenvalue weighted by Crippen LogP contribution is -2.19. The molecule has 2 atom stereocenters. The largest absolute Gasteiger partial charge is 0.487 e. The SMILES string of the molecule is CCOc1cccc(OC2CCC(N)C2)c1[N+](=O)[O-]. The van der Waals surface area contributed by atoms with Gasteiger partial charge in [-0.3, -0.25) is 10.1 Å². The summed E-state index contributed by atoms with van der Waals surface area (Å²) in [5.41, 5.74) is 5.71. The number of nitro groups is 1. The van der Waals surface area contributed by atoms with Gasteiger partial charge in [0.2, 0.25) is 11.5 Å². The van der Waals surface area contributed by atoms with Crippen LogP contribution in [0.15, 0.2) is 18.2 Å². The monoisotopic (exact) mass is 266 g/mol. The van der Waals surface area contributed by atoms with Gasteiger partial charge in [-0.05, 0) is 38.3 Å². The van der Waals surface area contributed by atoms with Crippen molar-refractivity contribution in [2.45, 2.75) is 38.3 Å². The Morgan fingerprint density at radius 1 is 1.42 bits per heavy atom. The first-order valence-electron chi connectivity index (χ1n) is 6.44. The molecule has 2 unspecified atom stereocenters. The van der Waals surface area contributed by atoms with E-state index in [4.69, 9.17) is 15.2 Å². The summed E-state index contributed by atoms with van der Waals surface area (Å²) in [6.07, 6.45) is 2.40. The maximum Gasteiger partial charge on any atom is 0.352 e. The van der Waals surface area contributed by atoms with E-state index in [2.05, 4.69) is 0 Å². The molecule has 0 saturated heterocycles. The molecule has 0 spiro atoms. The third-order valence-electron chi connectivity index (χ3n) is 3.16. The Kier molecular flexibility index (Phi) is 4.21. The minimum Gasteiger partial charge on any atom is -0.487 e. The molecule has 6 nitrogen and oxygen atoms in total. The second-order valence-electron chi connectivity index (χ2n) is 4.61. The first-order chi connectivity index (χ1) is 9.11. The second kappa shape index (κ2) is 5.88. The quantitative estimate of drug-likeness (QED) is 0.652. The van der Waals surface area contributed by atoms with Gasteiger partial charge in [0, 0.05) is 6.04 Å². The van der Waals surface area contributed by atoms with Crippen LogP contribution in [0.3, 0.4) is 0 Å². The van der Waals surface area contributed by atoms with Gasteiger partial charge in [-0.25, -0.2) is 0 Å². The van der Waals surface area contributed by atoms with E-state index in [-0.39, 0.29) is 29.3 Å². The van der Waals surface area contributed by atoms with E-state index in [1.165, 1.54) is 0 Å². The lowest BCUT2D eigenvalue weighted by molar-refractivity contribution is -0.387. The van der Waals surface area contributed by atoms with Crippen molar-refractivity contribution >= 4 is 5.69 Å². The molecule has 1 aromatic carbocycles. The summed E-state index contributed by atoms with van der Waals surface area (Å²) in [4.78, 5) is 10.7. The Labute approximate surface area is 111 Å². The molecule has 1 saturated carbocycles. The van der Waals surface area contributed by atoms with Crippen molar-refractivity contribution in [3.63, 3.8) is 0 Å². The predicted molar refractivity (Wildman–Crippen MR) is 70.5 cm³/mol. The highest BCUT2D eigenvalue weighted by Gasteiger charge is 2.28. The van der Waals surface area contributed by atoms with E-state index in [0.29, 0.717) is 6.61 Å². The number of hydrogen-bond donors (Lipinski definition) is 1. The molecule has 0 bridgehead atoms. The van der Waals surface area contributed by atoms with Gasteiger partial charge in [-0.15, -0.1) is 0 Å². The minimum absolute atomic E-state index is 0.0504. The van der Waals surface area contributed by atoms with Gasteiger partial charge in [0.05, 0.1) is 11.5 Å². The summed E-state index contributed by atoms with van der Waals surface area (Å²) in [5.74, 6) is 0.502. The molecule has 2 rings (SSSR count). The fourth-order valence-corrected chi connectivity index (χ4v) is 2.31. The fraction of sp³-hybridized carbons (Fsp3) is 0.538. The van der Waals surface area contributed by atoms with E-state index in [9.17, 15) is 10.1 Å². The molecule has 2 N–H and O–H groups in total. The second-order valence-corrected chi connectivity index (χ2v) is 4.61. The third kappa shape index (κ3) is 3.14. The number of benzene rings is 1. The minimum atomic E-state index is -0.463. The summed E-state index contributed by atoms with van der Waals surface area (Å²) in [6, 6.07) is 5.00. The zero-order valence-electron chi connectivity index (χ0n) is 10.9. The molecule has 0 amide bonds. The lowest BCUT2D eigenvalue weighted by Gasteiger charge is -2.14. The Morgan fingerprint density at radius 3 is 2.74 bits per heavy atom. The van der Waals surface area contributed by atoms with Crippen molar-refractivity contribution in [3.8, 4) is 11.5 Å². The van der Waals surface area contributed by atoms with Crippen molar-refractivity contribution in [1.82, 2.24) is 0 Å². The van der Waals surface area contributed by atoms with E-state index >= 15 is 0 Å². The van der Waals surface area contributed by atoms with Crippen molar-refractivity contribution in [3.05, 3.63) is 28.3 Å². The Morgan fingerprint density at radius 2 is 2.16 bits per heavy atom. The number of nitrogens with zero attached hydrogens (tertiary/aromatic N) is 1. The third-order valence-corrected chi connectivity index (χ3v) is 3.16. The normalized spacial score (nSPS) is 22.2. The Balaban J connectivity index is 2.23.